The van der Waals surface area contributed by atoms with Crippen LogP contribution in [-0.4, -0.2) is 19.3 Å². The van der Waals surface area contributed by atoms with Gasteiger partial charge in [0.25, 0.3) is 15.9 Å². The van der Waals surface area contributed by atoms with E-state index in [2.05, 4.69) is 15.0 Å². The first-order chi connectivity index (χ1) is 13.9. The molecule has 8 heteroatoms. The van der Waals surface area contributed by atoms with Crippen LogP contribution in [0.3, 0.4) is 0 Å². The molecule has 0 spiro atoms. The summed E-state index contributed by atoms with van der Waals surface area (Å²) in [7, 11) is -3.67. The van der Waals surface area contributed by atoms with Crippen LogP contribution in [-0.2, 0) is 10.0 Å². The van der Waals surface area contributed by atoms with Crippen LogP contribution in [0.25, 0.3) is 10.2 Å². The highest BCUT2D eigenvalue weighted by Gasteiger charge is 2.14. The van der Waals surface area contributed by atoms with Crippen molar-refractivity contribution in [3.63, 3.8) is 0 Å². The van der Waals surface area contributed by atoms with Gasteiger partial charge in [-0.15, -0.1) is 11.3 Å². The van der Waals surface area contributed by atoms with Crippen LogP contribution in [0.2, 0.25) is 0 Å². The minimum absolute atomic E-state index is 0.193. The summed E-state index contributed by atoms with van der Waals surface area (Å²) in [6, 6.07) is 18.5. The van der Waals surface area contributed by atoms with E-state index in [0.29, 0.717) is 16.9 Å². The molecule has 1 heterocycles. The standard InChI is InChI=1S/C21H17N3O3S2/c1-14-2-9-18(10-3-14)29(26,27)24-17-7-5-16(6-8-17)23-21(25)15-4-11-19-20(12-15)28-13-22-19/h2-13,24H,1H3,(H,23,25). The molecular formula is C21H17N3O3S2. The van der Waals surface area contributed by atoms with Gasteiger partial charge in [0.1, 0.15) is 0 Å². The van der Waals surface area contributed by atoms with Crippen molar-refractivity contribution in [2.24, 2.45) is 0 Å². The predicted molar refractivity (Wildman–Crippen MR) is 116 cm³/mol. The molecule has 0 aliphatic heterocycles. The van der Waals surface area contributed by atoms with Crippen molar-refractivity contribution in [2.75, 3.05) is 10.0 Å². The van der Waals surface area contributed by atoms with Gasteiger partial charge in [-0.1, -0.05) is 17.7 Å². The zero-order valence-electron chi connectivity index (χ0n) is 15.4. The Kier molecular flexibility index (Phi) is 5.04. The van der Waals surface area contributed by atoms with Crippen LogP contribution in [0.4, 0.5) is 11.4 Å². The number of aryl methyl sites for hydroxylation is 1. The monoisotopic (exact) mass is 423 g/mol. The Hall–Kier alpha value is -3.23. The number of nitrogens with zero attached hydrogens (tertiary/aromatic N) is 1. The maximum Gasteiger partial charge on any atom is 0.261 e. The average Bonchev–Trinajstić information content (AvgIpc) is 3.17. The number of sulfonamides is 1. The van der Waals surface area contributed by atoms with Crippen LogP contribution in [0, 0.1) is 6.92 Å². The Morgan fingerprint density at radius 2 is 1.62 bits per heavy atom. The first-order valence-electron chi connectivity index (χ1n) is 8.75. The Morgan fingerprint density at radius 3 is 2.34 bits per heavy atom. The lowest BCUT2D eigenvalue weighted by Gasteiger charge is -2.10. The van der Waals surface area contributed by atoms with E-state index in [9.17, 15) is 13.2 Å². The summed E-state index contributed by atoms with van der Waals surface area (Å²) in [6.45, 7) is 1.90. The van der Waals surface area contributed by atoms with Gasteiger partial charge in [0.15, 0.2) is 0 Å². The van der Waals surface area contributed by atoms with Gasteiger partial charge in [-0.3, -0.25) is 9.52 Å². The maximum atomic E-state index is 12.5. The molecule has 0 atom stereocenters. The molecule has 3 aromatic carbocycles. The first kappa shape index (κ1) is 19.1. The molecule has 0 fully saturated rings. The fraction of sp³-hybridized carbons (Fsp3) is 0.0476. The number of nitrogens with one attached hydrogen (secondary N) is 2. The van der Waals surface area contributed by atoms with Gasteiger partial charge < -0.3 is 5.32 Å². The van der Waals surface area contributed by atoms with Crippen molar-refractivity contribution in [1.82, 2.24) is 4.98 Å². The molecule has 4 rings (SSSR count). The molecule has 0 radical (unpaired) electrons. The first-order valence-corrected chi connectivity index (χ1v) is 11.1. The highest BCUT2D eigenvalue weighted by Crippen LogP contribution is 2.21. The van der Waals surface area contributed by atoms with Gasteiger partial charge in [-0.2, -0.15) is 0 Å². The van der Waals surface area contributed by atoms with Gasteiger partial charge in [-0.05, 0) is 61.5 Å². The molecule has 2 N–H and O–H groups in total. The molecule has 0 aliphatic carbocycles. The Morgan fingerprint density at radius 1 is 0.931 bits per heavy atom. The largest absolute Gasteiger partial charge is 0.322 e. The number of hydrogen-bond acceptors (Lipinski definition) is 5. The van der Waals surface area contributed by atoms with E-state index in [1.54, 1.807) is 66.2 Å². The second kappa shape index (κ2) is 7.65. The number of hydrogen-bond donors (Lipinski definition) is 2. The van der Waals surface area contributed by atoms with Gasteiger partial charge in [-0.25, -0.2) is 13.4 Å². The molecule has 0 aliphatic rings. The Balaban J connectivity index is 1.46. The molecule has 0 unspecified atom stereocenters. The third kappa shape index (κ3) is 4.28. The molecule has 1 aromatic heterocycles. The van der Waals surface area contributed by atoms with Crippen LogP contribution in [0.5, 0.6) is 0 Å². The second-order valence-corrected chi connectivity index (χ2v) is 9.05. The third-order valence-electron chi connectivity index (χ3n) is 4.32. The number of rotatable bonds is 5. The summed E-state index contributed by atoms with van der Waals surface area (Å²) < 4.78 is 28.4. The molecule has 6 nitrogen and oxygen atoms in total. The van der Waals surface area contributed by atoms with Crippen LogP contribution >= 0.6 is 11.3 Å². The maximum absolute atomic E-state index is 12.5. The highest BCUT2D eigenvalue weighted by atomic mass is 32.2. The molecule has 4 aromatic rings. The van der Waals surface area contributed by atoms with Crippen LogP contribution < -0.4 is 10.0 Å². The number of thiazole rings is 1. The number of anilines is 2. The summed E-state index contributed by atoms with van der Waals surface area (Å²) in [5.41, 5.74) is 5.09. The van der Waals surface area contributed by atoms with Crippen LogP contribution in [0.1, 0.15) is 15.9 Å². The molecule has 29 heavy (non-hydrogen) atoms. The minimum atomic E-state index is -3.67. The van der Waals surface area contributed by atoms with Crippen molar-refractivity contribution in [3.8, 4) is 0 Å². The summed E-state index contributed by atoms with van der Waals surface area (Å²) in [5.74, 6) is -0.242. The van der Waals surface area contributed by atoms with E-state index < -0.39 is 10.0 Å². The van der Waals surface area contributed by atoms with Crippen molar-refractivity contribution in [3.05, 3.63) is 83.4 Å². The molecule has 0 saturated carbocycles. The quantitative estimate of drug-likeness (QED) is 0.489. The number of carbonyl (C=O) groups excluding carboxylic acids is 1. The Labute approximate surface area is 172 Å². The average molecular weight is 424 g/mol. The van der Waals surface area contributed by atoms with Crippen molar-refractivity contribution < 1.29 is 13.2 Å². The SMILES string of the molecule is Cc1ccc(S(=O)(=O)Nc2ccc(NC(=O)c3ccc4ncsc4c3)cc2)cc1. The Bertz CT molecular complexity index is 1280. The number of fused-ring (bicyclic) bond motifs is 1. The lowest BCUT2D eigenvalue weighted by atomic mass is 10.2. The minimum Gasteiger partial charge on any atom is -0.322 e. The predicted octanol–water partition coefficient (Wildman–Crippen LogP) is 4.66. The fourth-order valence-corrected chi connectivity index (χ4v) is 4.53. The summed E-state index contributed by atoms with van der Waals surface area (Å²) in [4.78, 5) is 16.9. The number of carbonyl (C=O) groups is 1. The van der Waals surface area contributed by atoms with Gasteiger partial charge >= 0.3 is 0 Å². The van der Waals surface area contributed by atoms with Crippen molar-refractivity contribution >= 4 is 48.9 Å². The van der Waals surface area contributed by atoms with Gasteiger partial charge in [0.2, 0.25) is 0 Å². The third-order valence-corrected chi connectivity index (χ3v) is 6.51. The second-order valence-electron chi connectivity index (χ2n) is 6.48. The lowest BCUT2D eigenvalue weighted by Crippen LogP contribution is -2.13. The zero-order valence-corrected chi connectivity index (χ0v) is 17.0. The van der Waals surface area contributed by atoms with E-state index in [4.69, 9.17) is 0 Å². The van der Waals surface area contributed by atoms with Crippen LogP contribution in [0.15, 0.2) is 77.1 Å². The molecule has 0 saturated heterocycles. The van der Waals surface area contributed by atoms with E-state index in [1.807, 2.05) is 13.0 Å². The molecular weight excluding hydrogens is 406 g/mol. The van der Waals surface area contributed by atoms with Gasteiger partial charge in [0, 0.05) is 16.9 Å². The van der Waals surface area contributed by atoms with E-state index >= 15 is 0 Å². The van der Waals surface area contributed by atoms with E-state index in [1.165, 1.54) is 11.3 Å². The number of aromatic nitrogens is 1. The lowest BCUT2D eigenvalue weighted by molar-refractivity contribution is 0.102. The fourth-order valence-electron chi connectivity index (χ4n) is 2.75. The number of benzene rings is 3. The molecule has 0 bridgehead atoms. The van der Waals surface area contributed by atoms with E-state index in [0.717, 1.165) is 15.8 Å². The summed E-state index contributed by atoms with van der Waals surface area (Å²) >= 11 is 1.48. The van der Waals surface area contributed by atoms with Crippen molar-refractivity contribution in [2.45, 2.75) is 11.8 Å². The number of amides is 1. The molecule has 1 amide bonds. The zero-order chi connectivity index (χ0) is 20.4. The van der Waals surface area contributed by atoms with E-state index in [-0.39, 0.29) is 10.8 Å². The normalized spacial score (nSPS) is 11.3. The van der Waals surface area contributed by atoms with Crippen molar-refractivity contribution in [1.29, 1.82) is 0 Å². The summed E-state index contributed by atoms with van der Waals surface area (Å²) in [5, 5.41) is 2.81. The highest BCUT2D eigenvalue weighted by molar-refractivity contribution is 7.92. The summed E-state index contributed by atoms with van der Waals surface area (Å²) in [6.07, 6.45) is 0. The topological polar surface area (TPSA) is 88.2 Å². The molecule has 146 valence electrons. The van der Waals surface area contributed by atoms with Gasteiger partial charge in [0.05, 0.1) is 20.6 Å². The smallest absolute Gasteiger partial charge is 0.261 e.